The van der Waals surface area contributed by atoms with E-state index in [-0.39, 0.29) is 18.4 Å². The molecule has 1 unspecified atom stereocenters. The number of benzene rings is 1. The largest absolute Gasteiger partial charge is 0.384 e. The number of amides is 1. The van der Waals surface area contributed by atoms with Crippen LogP contribution in [0.1, 0.15) is 25.3 Å². The summed E-state index contributed by atoms with van der Waals surface area (Å²) in [5.74, 6) is 0.0276. The number of nitrogens with one attached hydrogen (secondary N) is 1. The lowest BCUT2D eigenvalue weighted by atomic mass is 9.95. The van der Waals surface area contributed by atoms with E-state index in [0.717, 1.165) is 18.4 Å². The highest BCUT2D eigenvalue weighted by atomic mass is 16.5. The van der Waals surface area contributed by atoms with Crippen LogP contribution in [-0.4, -0.2) is 30.8 Å². The average molecular weight is 263 g/mol. The van der Waals surface area contributed by atoms with E-state index in [1.165, 1.54) is 0 Å². The summed E-state index contributed by atoms with van der Waals surface area (Å²) >= 11 is 0. The zero-order valence-electron chi connectivity index (χ0n) is 11.3. The van der Waals surface area contributed by atoms with Crippen molar-refractivity contribution in [2.75, 3.05) is 19.8 Å². The number of carbonyl (C=O) groups is 1. The quantitative estimate of drug-likeness (QED) is 0.864. The topological polar surface area (TPSA) is 58.6 Å². The van der Waals surface area contributed by atoms with Gasteiger partial charge in [-0.3, -0.25) is 4.79 Å². The van der Waals surface area contributed by atoms with Gasteiger partial charge in [0.15, 0.2) is 0 Å². The van der Waals surface area contributed by atoms with Gasteiger partial charge in [0.05, 0.1) is 6.54 Å². The molecule has 0 aliphatic carbocycles. The summed E-state index contributed by atoms with van der Waals surface area (Å²) < 4.78 is 5.24. The maximum atomic E-state index is 12.0. The Hall–Kier alpha value is -1.39. The fourth-order valence-corrected chi connectivity index (χ4v) is 2.26. The third-order valence-corrected chi connectivity index (χ3v) is 3.59. The monoisotopic (exact) mass is 263 g/mol. The second-order valence-electron chi connectivity index (χ2n) is 5.24. The van der Waals surface area contributed by atoms with Crippen molar-refractivity contribution >= 4 is 5.91 Å². The highest BCUT2D eigenvalue weighted by Gasteiger charge is 2.26. The number of rotatable bonds is 4. The zero-order valence-corrected chi connectivity index (χ0v) is 11.3. The van der Waals surface area contributed by atoms with E-state index >= 15 is 0 Å². The van der Waals surface area contributed by atoms with Crippen molar-refractivity contribution < 1.29 is 14.6 Å². The molecule has 4 nitrogen and oxygen atoms in total. The van der Waals surface area contributed by atoms with Crippen LogP contribution >= 0.6 is 0 Å². The van der Waals surface area contributed by atoms with Crippen LogP contribution in [-0.2, 0) is 15.1 Å². The fraction of sp³-hybridized carbons (Fsp3) is 0.533. The number of aliphatic hydroxyl groups is 1. The molecule has 2 N–H and O–H groups in total. The highest BCUT2D eigenvalue weighted by molar-refractivity contribution is 5.78. The summed E-state index contributed by atoms with van der Waals surface area (Å²) in [6.45, 7) is 3.24. The van der Waals surface area contributed by atoms with Gasteiger partial charge in [-0.15, -0.1) is 0 Å². The van der Waals surface area contributed by atoms with Crippen molar-refractivity contribution in [1.29, 1.82) is 0 Å². The summed E-state index contributed by atoms with van der Waals surface area (Å²) in [6, 6.07) is 9.38. The Bertz CT molecular complexity index is 411. The van der Waals surface area contributed by atoms with Gasteiger partial charge in [0.1, 0.15) is 5.60 Å². The van der Waals surface area contributed by atoms with Crippen LogP contribution in [0.25, 0.3) is 0 Å². The second kappa shape index (κ2) is 6.17. The Morgan fingerprint density at radius 2 is 2.00 bits per heavy atom. The minimum Gasteiger partial charge on any atom is -0.384 e. The molecule has 1 fully saturated rings. The molecule has 1 aromatic carbocycles. The second-order valence-corrected chi connectivity index (χ2v) is 5.24. The maximum absolute atomic E-state index is 12.0. The van der Waals surface area contributed by atoms with E-state index in [4.69, 9.17) is 4.74 Å². The zero-order chi connectivity index (χ0) is 13.7. The minimum atomic E-state index is -1.04. The van der Waals surface area contributed by atoms with E-state index in [0.29, 0.717) is 13.2 Å². The van der Waals surface area contributed by atoms with Crippen LogP contribution in [0.2, 0.25) is 0 Å². The molecular formula is C15H21NO3. The third-order valence-electron chi connectivity index (χ3n) is 3.59. The summed E-state index contributed by atoms with van der Waals surface area (Å²) in [5.41, 5.74) is -0.232. The molecule has 0 bridgehead atoms. The lowest BCUT2D eigenvalue weighted by Gasteiger charge is -2.27. The van der Waals surface area contributed by atoms with E-state index in [9.17, 15) is 9.90 Å². The SMILES string of the molecule is CC(O)(CNC(=O)C1CCOCC1)c1ccccc1. The van der Waals surface area contributed by atoms with Gasteiger partial charge in [0.2, 0.25) is 5.91 Å². The van der Waals surface area contributed by atoms with Crippen LogP contribution < -0.4 is 5.32 Å². The predicted molar refractivity (Wildman–Crippen MR) is 72.6 cm³/mol. The first-order valence-electron chi connectivity index (χ1n) is 6.73. The summed E-state index contributed by atoms with van der Waals surface area (Å²) in [7, 11) is 0. The number of hydrogen-bond acceptors (Lipinski definition) is 3. The Morgan fingerprint density at radius 3 is 2.63 bits per heavy atom. The molecular weight excluding hydrogens is 242 g/mol. The highest BCUT2D eigenvalue weighted by Crippen LogP contribution is 2.20. The molecule has 1 aliphatic heterocycles. The molecule has 1 atom stereocenters. The molecule has 1 aliphatic rings. The first-order valence-corrected chi connectivity index (χ1v) is 6.73. The number of ether oxygens (including phenoxy) is 1. The van der Waals surface area contributed by atoms with Gasteiger partial charge in [-0.25, -0.2) is 0 Å². The molecule has 2 rings (SSSR count). The molecule has 1 amide bonds. The standard InChI is InChI=1S/C15H21NO3/c1-15(18,13-5-3-2-4-6-13)11-16-14(17)12-7-9-19-10-8-12/h2-6,12,18H,7-11H2,1H3,(H,16,17). The van der Waals surface area contributed by atoms with Gasteiger partial charge >= 0.3 is 0 Å². The van der Waals surface area contributed by atoms with Crippen LogP contribution in [0.3, 0.4) is 0 Å². The number of carbonyl (C=O) groups excluding carboxylic acids is 1. The molecule has 4 heteroatoms. The van der Waals surface area contributed by atoms with E-state index in [1.807, 2.05) is 30.3 Å². The maximum Gasteiger partial charge on any atom is 0.223 e. The molecule has 0 aromatic heterocycles. The van der Waals surface area contributed by atoms with Crippen molar-refractivity contribution in [2.24, 2.45) is 5.92 Å². The summed E-state index contributed by atoms with van der Waals surface area (Å²) in [6.07, 6.45) is 1.53. The Kier molecular flexibility index (Phi) is 4.56. The van der Waals surface area contributed by atoms with E-state index in [1.54, 1.807) is 6.92 Å². The van der Waals surface area contributed by atoms with Crippen LogP contribution in [0.15, 0.2) is 30.3 Å². The van der Waals surface area contributed by atoms with Crippen molar-refractivity contribution in [2.45, 2.75) is 25.4 Å². The van der Waals surface area contributed by atoms with Gasteiger partial charge < -0.3 is 15.2 Å². The fourth-order valence-electron chi connectivity index (χ4n) is 2.26. The van der Waals surface area contributed by atoms with Crippen LogP contribution in [0.5, 0.6) is 0 Å². The first-order chi connectivity index (χ1) is 9.09. The predicted octanol–water partition coefficient (Wildman–Crippen LogP) is 1.44. The molecule has 1 aromatic rings. The molecule has 0 spiro atoms. The smallest absolute Gasteiger partial charge is 0.223 e. The Balaban J connectivity index is 1.88. The van der Waals surface area contributed by atoms with E-state index < -0.39 is 5.60 Å². The van der Waals surface area contributed by atoms with Gasteiger partial charge in [-0.2, -0.15) is 0 Å². The summed E-state index contributed by atoms with van der Waals surface area (Å²) in [5, 5.41) is 13.2. The first kappa shape index (κ1) is 14.0. The Morgan fingerprint density at radius 1 is 1.37 bits per heavy atom. The van der Waals surface area contributed by atoms with Gasteiger partial charge in [-0.1, -0.05) is 30.3 Å². The van der Waals surface area contributed by atoms with Gasteiger partial charge in [0.25, 0.3) is 0 Å². The van der Waals surface area contributed by atoms with Crippen molar-refractivity contribution in [3.05, 3.63) is 35.9 Å². The molecule has 104 valence electrons. The lowest BCUT2D eigenvalue weighted by Crippen LogP contribution is -2.42. The summed E-state index contributed by atoms with van der Waals surface area (Å²) in [4.78, 5) is 12.0. The van der Waals surface area contributed by atoms with Crippen LogP contribution in [0.4, 0.5) is 0 Å². The Labute approximate surface area is 113 Å². The van der Waals surface area contributed by atoms with E-state index in [2.05, 4.69) is 5.32 Å². The van der Waals surface area contributed by atoms with Crippen LogP contribution in [0, 0.1) is 5.92 Å². The molecule has 19 heavy (non-hydrogen) atoms. The minimum absolute atomic E-state index is 0.0134. The molecule has 0 radical (unpaired) electrons. The molecule has 1 heterocycles. The number of hydrogen-bond donors (Lipinski definition) is 2. The van der Waals surface area contributed by atoms with Gasteiger partial charge in [-0.05, 0) is 25.3 Å². The van der Waals surface area contributed by atoms with Crippen molar-refractivity contribution in [3.63, 3.8) is 0 Å². The van der Waals surface area contributed by atoms with Crippen molar-refractivity contribution in [3.8, 4) is 0 Å². The van der Waals surface area contributed by atoms with Gasteiger partial charge in [0, 0.05) is 19.1 Å². The third kappa shape index (κ3) is 3.78. The molecule has 0 saturated carbocycles. The van der Waals surface area contributed by atoms with Crippen molar-refractivity contribution in [1.82, 2.24) is 5.32 Å². The molecule has 1 saturated heterocycles. The lowest BCUT2D eigenvalue weighted by molar-refractivity contribution is -0.129. The normalized spacial score (nSPS) is 19.7. The average Bonchev–Trinajstić information content (AvgIpc) is 2.47.